The third-order valence-electron chi connectivity index (χ3n) is 6.30. The van der Waals surface area contributed by atoms with Gasteiger partial charge in [0.25, 0.3) is 0 Å². The highest BCUT2D eigenvalue weighted by molar-refractivity contribution is 5.28. The maximum atomic E-state index is 13.3. The van der Waals surface area contributed by atoms with Crippen LogP contribution in [0.2, 0.25) is 0 Å². The minimum atomic E-state index is -0.735. The molecule has 4 rings (SSSR count). The number of aryl methyl sites for hydroxylation is 1. The first-order valence-corrected chi connectivity index (χ1v) is 9.84. The van der Waals surface area contributed by atoms with Gasteiger partial charge in [-0.3, -0.25) is 9.88 Å². The number of aromatic nitrogens is 1. The predicted molar refractivity (Wildman–Crippen MR) is 103 cm³/mol. The van der Waals surface area contributed by atoms with Crippen molar-refractivity contribution in [3.8, 4) is 5.75 Å². The Morgan fingerprint density at radius 2 is 1.93 bits per heavy atom. The maximum Gasteiger partial charge on any atom is 0.133 e. The second-order valence-corrected chi connectivity index (χ2v) is 8.58. The molecule has 0 bridgehead atoms. The molecule has 2 aliphatic rings. The first-order chi connectivity index (χ1) is 13.3. The first-order valence-electron chi connectivity index (χ1n) is 9.84. The van der Waals surface area contributed by atoms with Gasteiger partial charge in [-0.05, 0) is 67.0 Å². The Morgan fingerprint density at radius 3 is 2.54 bits per heavy atom. The predicted octanol–water partition coefficient (Wildman–Crippen LogP) is 2.58. The molecule has 0 radical (unpaired) electrons. The van der Waals surface area contributed by atoms with Crippen LogP contribution in [0.25, 0.3) is 0 Å². The number of pyridine rings is 1. The summed E-state index contributed by atoms with van der Waals surface area (Å²) < 4.78 is 13.3. The molecule has 2 fully saturated rings. The Bertz CT molecular complexity index is 828. The standard InChI is InChI=1S/C22H27FN2O3/c1-14-6-18(23)3-2-15(14)7-22(28)8-16-11-25(12-17(16)9-22)13-21(27)20-5-4-19(26)10-24-20/h2-6,10,16-17,21,26-28H,7-9,11-13H2,1H3/t16-,17+,21?,22?. The Morgan fingerprint density at radius 1 is 1.21 bits per heavy atom. The van der Waals surface area contributed by atoms with Crippen molar-refractivity contribution in [1.29, 1.82) is 0 Å². The van der Waals surface area contributed by atoms with Crippen LogP contribution in [0.5, 0.6) is 5.75 Å². The fourth-order valence-electron chi connectivity index (χ4n) is 5.00. The number of aromatic hydroxyl groups is 1. The van der Waals surface area contributed by atoms with Gasteiger partial charge >= 0.3 is 0 Å². The van der Waals surface area contributed by atoms with Crippen LogP contribution in [0.3, 0.4) is 0 Å². The van der Waals surface area contributed by atoms with Crippen LogP contribution in [-0.2, 0) is 6.42 Å². The lowest BCUT2D eigenvalue weighted by atomic mass is 9.89. The number of nitrogens with zero attached hydrogens (tertiary/aromatic N) is 2. The van der Waals surface area contributed by atoms with E-state index in [9.17, 15) is 19.7 Å². The zero-order valence-electron chi connectivity index (χ0n) is 16.1. The van der Waals surface area contributed by atoms with Crippen molar-refractivity contribution >= 4 is 0 Å². The highest BCUT2D eigenvalue weighted by Gasteiger charge is 2.48. The zero-order chi connectivity index (χ0) is 19.9. The molecule has 1 aromatic heterocycles. The van der Waals surface area contributed by atoms with E-state index in [0.29, 0.717) is 30.5 Å². The number of halogens is 1. The quantitative estimate of drug-likeness (QED) is 0.736. The highest BCUT2D eigenvalue weighted by Crippen LogP contribution is 2.45. The molecular weight excluding hydrogens is 359 g/mol. The van der Waals surface area contributed by atoms with Gasteiger partial charge < -0.3 is 15.3 Å². The van der Waals surface area contributed by atoms with Crippen molar-refractivity contribution in [2.75, 3.05) is 19.6 Å². The SMILES string of the molecule is Cc1cc(F)ccc1CC1(O)C[C@H]2CN(CC(O)c3ccc(O)cn3)C[C@H]2C1. The lowest BCUT2D eigenvalue weighted by Crippen LogP contribution is -2.33. The van der Waals surface area contributed by atoms with Crippen LogP contribution < -0.4 is 0 Å². The number of rotatable bonds is 5. The number of hydrogen-bond donors (Lipinski definition) is 3. The normalized spacial score (nSPS) is 28.4. The monoisotopic (exact) mass is 386 g/mol. The zero-order valence-corrected chi connectivity index (χ0v) is 16.1. The second-order valence-electron chi connectivity index (χ2n) is 8.58. The van der Waals surface area contributed by atoms with E-state index < -0.39 is 11.7 Å². The van der Waals surface area contributed by atoms with Crippen molar-refractivity contribution in [3.63, 3.8) is 0 Å². The van der Waals surface area contributed by atoms with E-state index in [4.69, 9.17) is 0 Å². The van der Waals surface area contributed by atoms with Gasteiger partial charge in [-0.15, -0.1) is 0 Å². The molecule has 1 aliphatic carbocycles. The Hall–Kier alpha value is -2.02. The van der Waals surface area contributed by atoms with Crippen molar-refractivity contribution < 1.29 is 19.7 Å². The first kappa shape index (κ1) is 19.3. The highest BCUT2D eigenvalue weighted by atomic mass is 19.1. The van der Waals surface area contributed by atoms with E-state index >= 15 is 0 Å². The summed E-state index contributed by atoms with van der Waals surface area (Å²) in [4.78, 5) is 6.32. The summed E-state index contributed by atoms with van der Waals surface area (Å²) in [7, 11) is 0. The average Bonchev–Trinajstić information content (AvgIpc) is 3.12. The van der Waals surface area contributed by atoms with Crippen LogP contribution in [0.1, 0.15) is 35.8 Å². The van der Waals surface area contributed by atoms with E-state index in [1.807, 2.05) is 6.92 Å². The summed E-state index contributed by atoms with van der Waals surface area (Å²) in [6, 6.07) is 7.93. The molecule has 0 amide bonds. The molecule has 2 unspecified atom stereocenters. The summed E-state index contributed by atoms with van der Waals surface area (Å²) in [5.74, 6) is 0.660. The van der Waals surface area contributed by atoms with Gasteiger partial charge in [0.15, 0.2) is 0 Å². The molecule has 2 heterocycles. The van der Waals surface area contributed by atoms with Gasteiger partial charge in [0.2, 0.25) is 0 Å². The molecule has 5 nitrogen and oxygen atoms in total. The topological polar surface area (TPSA) is 76.8 Å². The number of aliphatic hydroxyl groups excluding tert-OH is 1. The molecule has 6 heteroatoms. The van der Waals surface area contributed by atoms with Crippen molar-refractivity contribution in [3.05, 3.63) is 59.2 Å². The van der Waals surface area contributed by atoms with Crippen LogP contribution in [0, 0.1) is 24.6 Å². The van der Waals surface area contributed by atoms with Gasteiger partial charge in [0.05, 0.1) is 17.5 Å². The molecule has 0 spiro atoms. The van der Waals surface area contributed by atoms with Crippen LogP contribution >= 0.6 is 0 Å². The van der Waals surface area contributed by atoms with Crippen LogP contribution in [0.15, 0.2) is 36.5 Å². The van der Waals surface area contributed by atoms with E-state index in [2.05, 4.69) is 9.88 Å². The molecule has 1 saturated heterocycles. The number of hydrogen-bond acceptors (Lipinski definition) is 5. The summed E-state index contributed by atoms with van der Waals surface area (Å²) in [5, 5.41) is 30.9. The second kappa shape index (κ2) is 7.43. The average molecular weight is 386 g/mol. The van der Waals surface area contributed by atoms with Gasteiger partial charge in [0.1, 0.15) is 17.7 Å². The van der Waals surface area contributed by atoms with E-state index in [1.165, 1.54) is 24.4 Å². The van der Waals surface area contributed by atoms with Crippen LogP contribution in [0.4, 0.5) is 4.39 Å². The number of fused-ring (bicyclic) bond motifs is 1. The van der Waals surface area contributed by atoms with Gasteiger partial charge in [-0.25, -0.2) is 4.39 Å². The minimum Gasteiger partial charge on any atom is -0.506 e. The molecule has 3 N–H and O–H groups in total. The number of aliphatic hydroxyl groups is 2. The van der Waals surface area contributed by atoms with E-state index in [1.54, 1.807) is 12.1 Å². The largest absolute Gasteiger partial charge is 0.506 e. The third kappa shape index (κ3) is 4.04. The van der Waals surface area contributed by atoms with E-state index in [-0.39, 0.29) is 11.6 Å². The Labute approximate surface area is 164 Å². The van der Waals surface area contributed by atoms with Gasteiger partial charge in [0, 0.05) is 26.1 Å². The number of likely N-dealkylation sites (tertiary alicyclic amines) is 1. The molecular formula is C22H27FN2O3. The Kier molecular flexibility index (Phi) is 5.12. The number of benzene rings is 1. The minimum absolute atomic E-state index is 0.0855. The number of β-amino-alcohol motifs (C(OH)–C–C–N with tert-alkyl or cyclic N) is 1. The molecule has 2 aromatic rings. The molecule has 1 aromatic carbocycles. The molecule has 28 heavy (non-hydrogen) atoms. The summed E-state index contributed by atoms with van der Waals surface area (Å²) in [6.07, 6.45) is 2.68. The molecule has 4 atom stereocenters. The molecule has 150 valence electrons. The van der Waals surface area contributed by atoms with E-state index in [0.717, 1.165) is 37.1 Å². The fraction of sp³-hybridized carbons (Fsp3) is 0.500. The maximum absolute atomic E-state index is 13.3. The van der Waals surface area contributed by atoms with Gasteiger partial charge in [-0.1, -0.05) is 6.07 Å². The summed E-state index contributed by atoms with van der Waals surface area (Å²) >= 11 is 0. The third-order valence-corrected chi connectivity index (χ3v) is 6.30. The molecule has 1 saturated carbocycles. The fourth-order valence-corrected chi connectivity index (χ4v) is 5.00. The smallest absolute Gasteiger partial charge is 0.133 e. The van der Waals surface area contributed by atoms with Crippen molar-refractivity contribution in [2.24, 2.45) is 11.8 Å². The lowest BCUT2D eigenvalue weighted by Gasteiger charge is -2.27. The van der Waals surface area contributed by atoms with Gasteiger partial charge in [-0.2, -0.15) is 0 Å². The van der Waals surface area contributed by atoms with Crippen molar-refractivity contribution in [2.45, 2.75) is 37.9 Å². The Balaban J connectivity index is 1.34. The summed E-state index contributed by atoms with van der Waals surface area (Å²) in [5.41, 5.74) is 1.71. The van der Waals surface area contributed by atoms with Crippen LogP contribution in [-0.4, -0.2) is 50.4 Å². The van der Waals surface area contributed by atoms with Crippen molar-refractivity contribution in [1.82, 2.24) is 9.88 Å². The molecule has 1 aliphatic heterocycles. The summed E-state index contributed by atoms with van der Waals surface area (Å²) in [6.45, 7) is 4.09. The lowest BCUT2D eigenvalue weighted by molar-refractivity contribution is 0.0325.